The number of halogens is 3. The number of alkyl halides is 3. The van der Waals surface area contributed by atoms with E-state index in [2.05, 4.69) is 4.98 Å². The smallest absolute Gasteiger partial charge is 0.422 e. The van der Waals surface area contributed by atoms with Gasteiger partial charge in [0, 0.05) is 5.56 Å². The summed E-state index contributed by atoms with van der Waals surface area (Å²) in [4.78, 5) is 3.91. The van der Waals surface area contributed by atoms with Gasteiger partial charge < -0.3 is 10.5 Å². The Labute approximate surface area is 110 Å². The number of anilines is 1. The quantitative estimate of drug-likeness (QED) is 0.915. The molecule has 1 heterocycles. The second-order valence-corrected chi connectivity index (χ2v) is 4.90. The second kappa shape index (κ2) is 5.67. The van der Waals surface area contributed by atoms with Gasteiger partial charge in [0.2, 0.25) is 5.88 Å². The average molecular weight is 274 g/mol. The van der Waals surface area contributed by atoms with E-state index in [9.17, 15) is 13.2 Å². The van der Waals surface area contributed by atoms with Gasteiger partial charge in [0.15, 0.2) is 6.61 Å². The Kier molecular flexibility index (Phi) is 4.17. The molecule has 0 unspecified atom stereocenters. The van der Waals surface area contributed by atoms with Crippen molar-refractivity contribution in [1.82, 2.24) is 4.98 Å². The number of hydrogen-bond donors (Lipinski definition) is 1. The molecule has 0 saturated heterocycles. The highest BCUT2D eigenvalue weighted by Crippen LogP contribution is 2.37. The molecule has 0 bridgehead atoms. The lowest BCUT2D eigenvalue weighted by molar-refractivity contribution is -0.154. The Morgan fingerprint density at radius 1 is 1.26 bits per heavy atom. The molecule has 0 aliphatic heterocycles. The molecule has 1 aromatic heterocycles. The molecule has 0 spiro atoms. The summed E-state index contributed by atoms with van der Waals surface area (Å²) in [6.07, 6.45) is 2.22. The van der Waals surface area contributed by atoms with Crippen molar-refractivity contribution in [2.45, 2.75) is 44.2 Å². The SMILES string of the molecule is Nc1cnc(OCC(F)(F)F)c(C2CCCCC2)c1. The summed E-state index contributed by atoms with van der Waals surface area (Å²) in [6, 6.07) is 1.69. The summed E-state index contributed by atoms with van der Waals surface area (Å²) in [6.45, 7) is -1.32. The summed E-state index contributed by atoms with van der Waals surface area (Å²) in [5.74, 6) is 0.270. The molecule has 1 aliphatic carbocycles. The van der Waals surface area contributed by atoms with Crippen LogP contribution < -0.4 is 10.5 Å². The molecule has 2 rings (SSSR count). The van der Waals surface area contributed by atoms with E-state index in [0.717, 1.165) is 25.7 Å². The molecule has 2 N–H and O–H groups in total. The van der Waals surface area contributed by atoms with Crippen LogP contribution in [0.2, 0.25) is 0 Å². The van der Waals surface area contributed by atoms with E-state index in [1.807, 2.05) is 0 Å². The Bertz CT molecular complexity index is 428. The first-order valence-corrected chi connectivity index (χ1v) is 6.40. The van der Waals surface area contributed by atoms with Gasteiger partial charge in [-0.2, -0.15) is 13.2 Å². The van der Waals surface area contributed by atoms with Gasteiger partial charge in [-0.1, -0.05) is 19.3 Å². The maximum Gasteiger partial charge on any atom is 0.422 e. The van der Waals surface area contributed by atoms with Crippen molar-refractivity contribution < 1.29 is 17.9 Å². The number of nitrogen functional groups attached to an aromatic ring is 1. The summed E-state index contributed by atoms with van der Waals surface area (Å²) < 4.78 is 41.5. The van der Waals surface area contributed by atoms with Crippen molar-refractivity contribution in [3.05, 3.63) is 17.8 Å². The fourth-order valence-corrected chi connectivity index (χ4v) is 2.46. The number of aromatic nitrogens is 1. The van der Waals surface area contributed by atoms with Crippen molar-refractivity contribution in [2.75, 3.05) is 12.3 Å². The highest BCUT2D eigenvalue weighted by Gasteiger charge is 2.30. The minimum Gasteiger partial charge on any atom is -0.468 e. The highest BCUT2D eigenvalue weighted by atomic mass is 19.4. The predicted octanol–water partition coefficient (Wildman–Crippen LogP) is 3.65. The van der Waals surface area contributed by atoms with E-state index in [1.54, 1.807) is 6.07 Å². The van der Waals surface area contributed by atoms with Crippen molar-refractivity contribution >= 4 is 5.69 Å². The summed E-state index contributed by atoms with van der Waals surface area (Å²) in [5.41, 5.74) is 6.85. The first-order valence-electron chi connectivity index (χ1n) is 6.40. The number of ether oxygens (including phenoxy) is 1. The van der Waals surface area contributed by atoms with Crippen LogP contribution in [-0.2, 0) is 0 Å². The molecule has 1 saturated carbocycles. The fraction of sp³-hybridized carbons (Fsp3) is 0.615. The van der Waals surface area contributed by atoms with Gasteiger partial charge in [-0.25, -0.2) is 4.98 Å². The fourth-order valence-electron chi connectivity index (χ4n) is 2.46. The molecule has 0 aromatic carbocycles. The summed E-state index contributed by atoms with van der Waals surface area (Å²) in [5, 5.41) is 0. The van der Waals surface area contributed by atoms with Crippen molar-refractivity contribution in [3.63, 3.8) is 0 Å². The van der Waals surface area contributed by atoms with Crippen LogP contribution in [0, 0.1) is 0 Å². The van der Waals surface area contributed by atoms with Crippen LogP contribution in [0.25, 0.3) is 0 Å². The zero-order valence-electron chi connectivity index (χ0n) is 10.5. The van der Waals surface area contributed by atoms with Gasteiger partial charge in [0.25, 0.3) is 0 Å². The van der Waals surface area contributed by atoms with Crippen LogP contribution in [0.15, 0.2) is 12.3 Å². The van der Waals surface area contributed by atoms with Gasteiger partial charge in [0.1, 0.15) is 0 Å². The molecular formula is C13H17F3N2O. The Balaban J connectivity index is 2.17. The minimum absolute atomic E-state index is 0.0680. The minimum atomic E-state index is -4.35. The van der Waals surface area contributed by atoms with Crippen LogP contribution in [-0.4, -0.2) is 17.8 Å². The lowest BCUT2D eigenvalue weighted by Crippen LogP contribution is -2.21. The van der Waals surface area contributed by atoms with Crippen LogP contribution in [0.1, 0.15) is 43.6 Å². The van der Waals surface area contributed by atoms with Crippen molar-refractivity contribution in [1.29, 1.82) is 0 Å². The third kappa shape index (κ3) is 4.01. The third-order valence-corrected chi connectivity index (χ3v) is 3.32. The standard InChI is InChI=1S/C13H17F3N2O/c14-13(15,16)8-19-12-11(6-10(17)7-18-12)9-4-2-1-3-5-9/h6-7,9H,1-5,8,17H2. The molecule has 19 heavy (non-hydrogen) atoms. The first-order chi connectivity index (χ1) is 8.96. The lowest BCUT2D eigenvalue weighted by atomic mass is 9.84. The highest BCUT2D eigenvalue weighted by molar-refractivity contribution is 5.44. The van der Waals surface area contributed by atoms with Gasteiger partial charge in [-0.15, -0.1) is 0 Å². The largest absolute Gasteiger partial charge is 0.468 e. The van der Waals surface area contributed by atoms with Crippen molar-refractivity contribution in [3.8, 4) is 5.88 Å². The molecule has 1 aromatic rings. The maximum atomic E-state index is 12.2. The van der Waals surface area contributed by atoms with E-state index >= 15 is 0 Å². The van der Waals surface area contributed by atoms with Gasteiger partial charge in [-0.3, -0.25) is 0 Å². The second-order valence-electron chi connectivity index (χ2n) is 4.90. The van der Waals surface area contributed by atoms with Gasteiger partial charge in [0.05, 0.1) is 11.9 Å². The van der Waals surface area contributed by atoms with E-state index in [0.29, 0.717) is 11.3 Å². The van der Waals surface area contributed by atoms with Crippen LogP contribution >= 0.6 is 0 Å². The van der Waals surface area contributed by atoms with Crippen molar-refractivity contribution in [2.24, 2.45) is 0 Å². The van der Waals surface area contributed by atoms with E-state index < -0.39 is 12.8 Å². The summed E-state index contributed by atoms with van der Waals surface area (Å²) in [7, 11) is 0. The zero-order valence-corrected chi connectivity index (χ0v) is 10.5. The normalized spacial score (nSPS) is 17.4. The first kappa shape index (κ1) is 14.0. The van der Waals surface area contributed by atoms with Crippen LogP contribution in [0.4, 0.5) is 18.9 Å². The van der Waals surface area contributed by atoms with Crippen LogP contribution in [0.3, 0.4) is 0 Å². The Hall–Kier alpha value is -1.46. The molecular weight excluding hydrogens is 257 g/mol. The predicted molar refractivity (Wildman–Crippen MR) is 66.0 cm³/mol. The number of nitrogens with two attached hydrogens (primary N) is 1. The average Bonchev–Trinajstić information content (AvgIpc) is 2.37. The molecule has 0 atom stereocenters. The number of nitrogens with zero attached hydrogens (tertiary/aromatic N) is 1. The number of rotatable bonds is 3. The molecule has 1 aliphatic rings. The maximum absolute atomic E-state index is 12.2. The molecule has 0 radical (unpaired) electrons. The summed E-state index contributed by atoms with van der Waals surface area (Å²) >= 11 is 0. The number of hydrogen-bond acceptors (Lipinski definition) is 3. The van der Waals surface area contributed by atoms with E-state index in [1.165, 1.54) is 12.6 Å². The van der Waals surface area contributed by atoms with Gasteiger partial charge in [-0.05, 0) is 24.8 Å². The Morgan fingerprint density at radius 2 is 1.95 bits per heavy atom. The Morgan fingerprint density at radius 3 is 2.58 bits per heavy atom. The lowest BCUT2D eigenvalue weighted by Gasteiger charge is -2.24. The molecule has 1 fully saturated rings. The molecule has 0 amide bonds. The van der Waals surface area contributed by atoms with Gasteiger partial charge >= 0.3 is 6.18 Å². The molecule has 6 heteroatoms. The molecule has 106 valence electrons. The monoisotopic (exact) mass is 274 g/mol. The van der Waals surface area contributed by atoms with E-state index in [4.69, 9.17) is 10.5 Å². The van der Waals surface area contributed by atoms with E-state index in [-0.39, 0.29) is 11.8 Å². The third-order valence-electron chi connectivity index (χ3n) is 3.32. The number of pyridine rings is 1. The molecule has 3 nitrogen and oxygen atoms in total. The zero-order chi connectivity index (χ0) is 13.9. The topological polar surface area (TPSA) is 48.1 Å². The van der Waals surface area contributed by atoms with Crippen LogP contribution in [0.5, 0.6) is 5.88 Å².